The summed E-state index contributed by atoms with van der Waals surface area (Å²) in [6, 6.07) is 5.13. The Hall–Kier alpha value is -0.480. The molecule has 0 saturated carbocycles. The van der Waals surface area contributed by atoms with Crippen molar-refractivity contribution < 1.29 is 10.2 Å². The SMILES string of the molecule is CC(CO)(CO)CNc1ccc(Cl)cc1Cl. The highest BCUT2D eigenvalue weighted by atomic mass is 35.5. The average Bonchev–Trinajstić information content (AvgIpc) is 2.27. The average molecular weight is 264 g/mol. The smallest absolute Gasteiger partial charge is 0.0652 e. The highest BCUT2D eigenvalue weighted by molar-refractivity contribution is 6.36. The largest absolute Gasteiger partial charge is 0.396 e. The van der Waals surface area contributed by atoms with Gasteiger partial charge in [-0.25, -0.2) is 0 Å². The number of anilines is 1. The highest BCUT2D eigenvalue weighted by Crippen LogP contribution is 2.26. The molecule has 1 rings (SSSR count). The molecule has 0 spiro atoms. The lowest BCUT2D eigenvalue weighted by Crippen LogP contribution is -2.34. The summed E-state index contributed by atoms with van der Waals surface area (Å²) in [7, 11) is 0. The number of aliphatic hydroxyl groups excluding tert-OH is 2. The van der Waals surface area contributed by atoms with Gasteiger partial charge in [0.05, 0.1) is 23.9 Å². The van der Waals surface area contributed by atoms with Crippen LogP contribution in [0.15, 0.2) is 18.2 Å². The van der Waals surface area contributed by atoms with Crippen LogP contribution in [0.3, 0.4) is 0 Å². The van der Waals surface area contributed by atoms with Gasteiger partial charge in [-0.3, -0.25) is 0 Å². The van der Waals surface area contributed by atoms with Crippen molar-refractivity contribution in [1.29, 1.82) is 0 Å². The Balaban J connectivity index is 2.67. The zero-order chi connectivity index (χ0) is 12.2. The van der Waals surface area contributed by atoms with Crippen LogP contribution in [0, 0.1) is 5.41 Å². The maximum Gasteiger partial charge on any atom is 0.0652 e. The summed E-state index contributed by atoms with van der Waals surface area (Å²) in [4.78, 5) is 0. The molecule has 0 bridgehead atoms. The fourth-order valence-electron chi connectivity index (χ4n) is 1.10. The molecule has 0 aromatic heterocycles. The first kappa shape index (κ1) is 13.6. The van der Waals surface area contributed by atoms with E-state index in [1.165, 1.54) is 0 Å². The number of rotatable bonds is 5. The van der Waals surface area contributed by atoms with Crippen LogP contribution in [0.1, 0.15) is 6.92 Å². The molecule has 0 saturated heterocycles. The van der Waals surface area contributed by atoms with Gasteiger partial charge >= 0.3 is 0 Å². The first-order chi connectivity index (χ1) is 7.50. The third-order valence-corrected chi connectivity index (χ3v) is 2.95. The second kappa shape index (κ2) is 5.73. The molecule has 5 heteroatoms. The molecule has 0 heterocycles. The normalized spacial score (nSPS) is 11.6. The maximum absolute atomic E-state index is 9.12. The minimum absolute atomic E-state index is 0.0955. The fourth-order valence-corrected chi connectivity index (χ4v) is 1.58. The third-order valence-electron chi connectivity index (χ3n) is 2.40. The van der Waals surface area contributed by atoms with Crippen molar-refractivity contribution in [3.05, 3.63) is 28.2 Å². The Morgan fingerprint density at radius 2 is 1.88 bits per heavy atom. The van der Waals surface area contributed by atoms with E-state index in [1.54, 1.807) is 25.1 Å². The van der Waals surface area contributed by atoms with Crippen LogP contribution in [0.2, 0.25) is 10.0 Å². The molecule has 0 radical (unpaired) electrons. The summed E-state index contributed by atoms with van der Waals surface area (Å²) in [5, 5.41) is 22.4. The lowest BCUT2D eigenvalue weighted by atomic mass is 9.93. The lowest BCUT2D eigenvalue weighted by molar-refractivity contribution is 0.0806. The van der Waals surface area contributed by atoms with E-state index in [-0.39, 0.29) is 13.2 Å². The lowest BCUT2D eigenvalue weighted by Gasteiger charge is -2.25. The molecular formula is C11H15Cl2NO2. The molecule has 0 aliphatic carbocycles. The zero-order valence-corrected chi connectivity index (χ0v) is 10.5. The Morgan fingerprint density at radius 3 is 2.38 bits per heavy atom. The topological polar surface area (TPSA) is 52.5 Å². The van der Waals surface area contributed by atoms with Crippen LogP contribution < -0.4 is 5.32 Å². The molecule has 0 atom stereocenters. The molecule has 3 nitrogen and oxygen atoms in total. The van der Waals surface area contributed by atoms with Crippen LogP contribution in [-0.2, 0) is 0 Å². The summed E-state index contributed by atoms with van der Waals surface area (Å²) in [6.07, 6.45) is 0. The predicted octanol–water partition coefficient (Wildman–Crippen LogP) is 2.40. The summed E-state index contributed by atoms with van der Waals surface area (Å²) in [6.45, 7) is 2.02. The van der Waals surface area contributed by atoms with Gasteiger partial charge in [-0.2, -0.15) is 0 Å². The molecule has 0 unspecified atom stereocenters. The second-order valence-electron chi connectivity index (χ2n) is 4.10. The van der Waals surface area contributed by atoms with Crippen LogP contribution in [0.5, 0.6) is 0 Å². The van der Waals surface area contributed by atoms with E-state index in [2.05, 4.69) is 5.32 Å². The Bertz CT molecular complexity index is 354. The van der Waals surface area contributed by atoms with Gasteiger partial charge in [-0.05, 0) is 18.2 Å². The van der Waals surface area contributed by atoms with Crippen molar-refractivity contribution in [1.82, 2.24) is 0 Å². The van der Waals surface area contributed by atoms with E-state index in [1.807, 2.05) is 0 Å². The van der Waals surface area contributed by atoms with E-state index in [0.717, 1.165) is 5.69 Å². The van der Waals surface area contributed by atoms with Gasteiger partial charge in [-0.15, -0.1) is 0 Å². The first-order valence-electron chi connectivity index (χ1n) is 4.91. The van der Waals surface area contributed by atoms with E-state index >= 15 is 0 Å². The molecule has 0 amide bonds. The van der Waals surface area contributed by atoms with Gasteiger partial charge in [0.15, 0.2) is 0 Å². The number of benzene rings is 1. The van der Waals surface area contributed by atoms with Gasteiger partial charge in [0.2, 0.25) is 0 Å². The Kier molecular flexibility index (Phi) is 4.87. The van der Waals surface area contributed by atoms with E-state index in [0.29, 0.717) is 16.6 Å². The molecule has 90 valence electrons. The number of nitrogens with one attached hydrogen (secondary N) is 1. The summed E-state index contributed by atoms with van der Waals surface area (Å²) >= 11 is 11.7. The molecule has 16 heavy (non-hydrogen) atoms. The molecule has 1 aromatic rings. The first-order valence-corrected chi connectivity index (χ1v) is 5.67. The zero-order valence-electron chi connectivity index (χ0n) is 9.00. The minimum atomic E-state index is -0.567. The van der Waals surface area contributed by atoms with E-state index < -0.39 is 5.41 Å². The van der Waals surface area contributed by atoms with Gasteiger partial charge in [-0.1, -0.05) is 30.1 Å². The summed E-state index contributed by atoms with van der Waals surface area (Å²) in [5.74, 6) is 0. The third kappa shape index (κ3) is 3.52. The summed E-state index contributed by atoms with van der Waals surface area (Å²) in [5.41, 5.74) is 0.169. The minimum Gasteiger partial charge on any atom is -0.396 e. The standard InChI is InChI=1S/C11H15Cl2NO2/c1-11(6-15,7-16)5-14-10-3-2-8(12)4-9(10)13/h2-4,14-16H,5-7H2,1H3. The predicted molar refractivity (Wildman–Crippen MR) is 67.2 cm³/mol. The monoisotopic (exact) mass is 263 g/mol. The van der Waals surface area contributed by atoms with Crippen LogP contribution in [0.25, 0.3) is 0 Å². The highest BCUT2D eigenvalue weighted by Gasteiger charge is 2.22. The second-order valence-corrected chi connectivity index (χ2v) is 4.95. The Morgan fingerprint density at radius 1 is 1.25 bits per heavy atom. The van der Waals surface area contributed by atoms with Crippen molar-refractivity contribution in [2.75, 3.05) is 25.1 Å². The van der Waals surface area contributed by atoms with Gasteiger partial charge < -0.3 is 15.5 Å². The number of hydrogen-bond acceptors (Lipinski definition) is 3. The van der Waals surface area contributed by atoms with Crippen molar-refractivity contribution in [2.45, 2.75) is 6.92 Å². The van der Waals surface area contributed by atoms with Crippen molar-refractivity contribution in [3.63, 3.8) is 0 Å². The van der Waals surface area contributed by atoms with Crippen molar-refractivity contribution in [3.8, 4) is 0 Å². The Labute approximate surface area is 105 Å². The molecule has 3 N–H and O–H groups in total. The van der Waals surface area contributed by atoms with Gasteiger partial charge in [0.1, 0.15) is 0 Å². The van der Waals surface area contributed by atoms with Gasteiger partial charge in [0, 0.05) is 17.0 Å². The maximum atomic E-state index is 9.12. The fraction of sp³-hybridized carbons (Fsp3) is 0.455. The van der Waals surface area contributed by atoms with Gasteiger partial charge in [0.25, 0.3) is 0 Å². The van der Waals surface area contributed by atoms with E-state index in [4.69, 9.17) is 33.4 Å². The number of hydrogen-bond donors (Lipinski definition) is 3. The quantitative estimate of drug-likeness (QED) is 0.765. The van der Waals surface area contributed by atoms with Crippen LogP contribution in [-0.4, -0.2) is 30.0 Å². The van der Waals surface area contributed by atoms with Crippen molar-refractivity contribution in [2.24, 2.45) is 5.41 Å². The molecule has 0 aliphatic heterocycles. The van der Waals surface area contributed by atoms with Crippen LogP contribution >= 0.6 is 23.2 Å². The summed E-state index contributed by atoms with van der Waals surface area (Å²) < 4.78 is 0. The number of aliphatic hydroxyl groups is 2. The number of halogens is 2. The van der Waals surface area contributed by atoms with E-state index in [9.17, 15) is 0 Å². The molecular weight excluding hydrogens is 249 g/mol. The van der Waals surface area contributed by atoms with Crippen LogP contribution in [0.4, 0.5) is 5.69 Å². The molecule has 0 aliphatic rings. The van der Waals surface area contributed by atoms with Crippen molar-refractivity contribution >= 4 is 28.9 Å². The molecule has 0 fully saturated rings. The molecule has 1 aromatic carbocycles.